The fourth-order valence-electron chi connectivity index (χ4n) is 10.8. The topological polar surface area (TPSA) is 0 Å². The van der Waals surface area contributed by atoms with Crippen molar-refractivity contribution in [3.05, 3.63) is 106 Å². The molecule has 8 rings (SSSR count). The molecule has 288 valence electrons. The molecule has 0 saturated heterocycles. The largest absolute Gasteiger partial charge is 0.0619 e. The van der Waals surface area contributed by atoms with Crippen LogP contribution in [0.1, 0.15) is 176 Å². The summed E-state index contributed by atoms with van der Waals surface area (Å²) in [4.78, 5) is 0. The van der Waals surface area contributed by atoms with Gasteiger partial charge in [-0.15, -0.1) is 0 Å². The monoisotopic (exact) mass is 721 g/mol. The van der Waals surface area contributed by atoms with Crippen molar-refractivity contribution in [2.75, 3.05) is 0 Å². The molecule has 4 aliphatic carbocycles. The lowest BCUT2D eigenvalue weighted by atomic mass is 9.48. The van der Waals surface area contributed by atoms with Crippen LogP contribution in [0.3, 0.4) is 0 Å². The van der Waals surface area contributed by atoms with E-state index in [1.54, 1.807) is 5.56 Å². The lowest BCUT2D eigenvalue weighted by Gasteiger charge is -2.57. The Balaban J connectivity index is 1.67. The zero-order chi connectivity index (χ0) is 39.4. The van der Waals surface area contributed by atoms with Crippen molar-refractivity contribution in [3.8, 4) is 33.4 Å². The first-order chi connectivity index (χ1) is 24.8. The molecule has 4 saturated carbocycles. The minimum Gasteiger partial charge on any atom is -0.0619 e. The van der Waals surface area contributed by atoms with Crippen LogP contribution in [0, 0.1) is 17.8 Å². The highest BCUT2D eigenvalue weighted by atomic mass is 14.6. The molecule has 4 aliphatic rings. The summed E-state index contributed by atoms with van der Waals surface area (Å²) in [6.45, 7) is 35.8. The smallest absolute Gasteiger partial charge is 0.00236 e. The Kier molecular flexibility index (Phi) is 9.39. The summed E-state index contributed by atoms with van der Waals surface area (Å²) < 4.78 is 0. The van der Waals surface area contributed by atoms with Crippen LogP contribution in [0.4, 0.5) is 0 Å². The fourth-order valence-corrected chi connectivity index (χ4v) is 10.8. The lowest BCUT2D eigenvalue weighted by molar-refractivity contribution is -0.00514. The van der Waals surface area contributed by atoms with Crippen molar-refractivity contribution in [2.24, 2.45) is 17.8 Å². The van der Waals surface area contributed by atoms with Gasteiger partial charge in [-0.3, -0.25) is 0 Å². The maximum Gasteiger partial charge on any atom is -0.00236 e. The highest BCUT2D eigenvalue weighted by Gasteiger charge is 2.52. The highest BCUT2D eigenvalue weighted by molar-refractivity contribution is 5.97. The normalized spacial score (nSPS) is 23.3. The van der Waals surface area contributed by atoms with E-state index in [1.165, 1.54) is 99.7 Å². The molecule has 0 heteroatoms. The molecule has 0 heterocycles. The van der Waals surface area contributed by atoms with Gasteiger partial charge in [-0.05, 0) is 168 Å². The van der Waals surface area contributed by atoms with Gasteiger partial charge in [0.25, 0.3) is 0 Å². The van der Waals surface area contributed by atoms with Gasteiger partial charge in [0.1, 0.15) is 0 Å². The van der Waals surface area contributed by atoms with Crippen molar-refractivity contribution < 1.29 is 0 Å². The molecule has 0 spiro atoms. The lowest BCUT2D eigenvalue weighted by Crippen LogP contribution is -2.48. The summed E-state index contributed by atoms with van der Waals surface area (Å²) in [5, 5.41) is 0. The van der Waals surface area contributed by atoms with E-state index < -0.39 is 0 Å². The summed E-state index contributed by atoms with van der Waals surface area (Å²) in [5.74, 6) is 2.66. The Hall–Kier alpha value is -3.12. The van der Waals surface area contributed by atoms with E-state index >= 15 is 0 Å². The van der Waals surface area contributed by atoms with Crippen molar-refractivity contribution in [1.82, 2.24) is 0 Å². The highest BCUT2D eigenvalue weighted by Crippen LogP contribution is 2.62. The molecule has 0 N–H and O–H groups in total. The predicted molar refractivity (Wildman–Crippen MR) is 236 cm³/mol. The van der Waals surface area contributed by atoms with Crippen LogP contribution >= 0.6 is 0 Å². The molecule has 4 fully saturated rings. The van der Waals surface area contributed by atoms with Crippen molar-refractivity contribution >= 4 is 0 Å². The molecule has 4 bridgehead atoms. The van der Waals surface area contributed by atoms with Crippen LogP contribution in [-0.4, -0.2) is 0 Å². The maximum absolute atomic E-state index is 2.73. The van der Waals surface area contributed by atoms with Crippen molar-refractivity contribution in [3.63, 3.8) is 0 Å². The van der Waals surface area contributed by atoms with Gasteiger partial charge >= 0.3 is 0 Å². The zero-order valence-corrected chi connectivity index (χ0v) is 36.9. The van der Waals surface area contributed by atoms with E-state index in [1.807, 2.05) is 0 Å². The minimum atomic E-state index is -0.0165. The predicted octanol–water partition coefficient (Wildman–Crippen LogP) is 15.6. The number of hydrogen-bond donors (Lipinski definition) is 0. The van der Waals surface area contributed by atoms with E-state index in [0.717, 1.165) is 17.8 Å². The Morgan fingerprint density at radius 1 is 0.407 bits per heavy atom. The number of benzene rings is 4. The van der Waals surface area contributed by atoms with Crippen LogP contribution < -0.4 is 0 Å². The Labute approximate surface area is 331 Å². The average Bonchev–Trinajstić information content (AvgIpc) is 3.04. The molecule has 54 heavy (non-hydrogen) atoms. The first-order valence-corrected chi connectivity index (χ1v) is 21.4. The summed E-state index contributed by atoms with van der Waals surface area (Å²) >= 11 is 0. The van der Waals surface area contributed by atoms with Crippen molar-refractivity contribution in [2.45, 2.75) is 175 Å². The number of hydrogen-bond acceptors (Lipinski definition) is 0. The Bertz CT molecular complexity index is 1850. The SMILES string of the molecule is CC(C)(C)c1cc(-c2cc(C34CC5CC(CC(C5)C3)C4)cc(-c3cc(C(C)(C)C)cc(C(C)(C)C)c3)c2-c2ccccc2C(C)(C)C)cc(C(C)(C)C)c1. The Morgan fingerprint density at radius 2 is 0.759 bits per heavy atom. The second kappa shape index (κ2) is 13.0. The minimum absolute atomic E-state index is 0.0165. The second-order valence-corrected chi connectivity index (χ2v) is 23.5. The van der Waals surface area contributed by atoms with Gasteiger partial charge in [0.15, 0.2) is 0 Å². The summed E-state index contributed by atoms with van der Waals surface area (Å²) in [6.07, 6.45) is 8.46. The average molecular weight is 721 g/mol. The third-order valence-corrected chi connectivity index (χ3v) is 13.7. The Morgan fingerprint density at radius 3 is 1.09 bits per heavy atom. The first-order valence-electron chi connectivity index (χ1n) is 21.4. The molecule has 4 aromatic carbocycles. The van der Waals surface area contributed by atoms with E-state index in [0.29, 0.717) is 0 Å². The maximum atomic E-state index is 2.73. The molecular weight excluding hydrogens is 649 g/mol. The van der Waals surface area contributed by atoms with Crippen LogP contribution in [-0.2, 0) is 32.5 Å². The zero-order valence-electron chi connectivity index (χ0n) is 36.9. The molecule has 4 aromatic rings. The quantitative estimate of drug-likeness (QED) is 0.197. The molecule has 0 radical (unpaired) electrons. The van der Waals surface area contributed by atoms with E-state index in [-0.39, 0.29) is 32.5 Å². The van der Waals surface area contributed by atoms with Gasteiger partial charge in [-0.25, -0.2) is 0 Å². The van der Waals surface area contributed by atoms with Gasteiger partial charge in [0, 0.05) is 0 Å². The standard InChI is InChI=1S/C54H72/c1-49(2,3)39-23-37(24-40(27-39)50(4,5)6)45-29-43(54-31-34-20-35(32-54)22-36(21-34)33-54)30-46(48(45)44-18-16-17-19-47(44)53(13,14)15)38-25-41(51(7,8)9)28-42(26-38)52(10,11)12/h16-19,23-30,34-36H,20-22,31-33H2,1-15H3. The van der Waals surface area contributed by atoms with Crippen molar-refractivity contribution in [1.29, 1.82) is 0 Å². The molecule has 0 unspecified atom stereocenters. The van der Waals surface area contributed by atoms with Crippen LogP contribution in [0.15, 0.2) is 72.8 Å². The van der Waals surface area contributed by atoms with E-state index in [4.69, 9.17) is 0 Å². The molecule has 0 atom stereocenters. The van der Waals surface area contributed by atoms with Gasteiger partial charge in [0.05, 0.1) is 0 Å². The van der Waals surface area contributed by atoms with E-state index in [9.17, 15) is 0 Å². The summed E-state index contributed by atoms with van der Waals surface area (Å²) in [7, 11) is 0. The molecule has 0 aliphatic heterocycles. The third kappa shape index (κ3) is 7.42. The third-order valence-electron chi connectivity index (χ3n) is 13.7. The second-order valence-electron chi connectivity index (χ2n) is 23.5. The van der Waals surface area contributed by atoms with Crippen LogP contribution in [0.2, 0.25) is 0 Å². The summed E-state index contributed by atoms with van der Waals surface area (Å²) in [5.41, 5.74) is 17.5. The fraction of sp³-hybridized carbons (Fsp3) is 0.556. The van der Waals surface area contributed by atoms with Crippen LogP contribution in [0.5, 0.6) is 0 Å². The first kappa shape index (κ1) is 39.1. The molecule has 0 amide bonds. The van der Waals surface area contributed by atoms with E-state index in [2.05, 4.69) is 177 Å². The van der Waals surface area contributed by atoms with Gasteiger partial charge in [0.2, 0.25) is 0 Å². The van der Waals surface area contributed by atoms with Crippen LogP contribution in [0.25, 0.3) is 33.4 Å². The number of rotatable bonds is 4. The van der Waals surface area contributed by atoms with Gasteiger partial charge in [-0.2, -0.15) is 0 Å². The van der Waals surface area contributed by atoms with Gasteiger partial charge < -0.3 is 0 Å². The summed E-state index contributed by atoms with van der Waals surface area (Å²) in [6, 6.07) is 30.1. The molecule has 0 aromatic heterocycles. The molecular formula is C54H72. The van der Waals surface area contributed by atoms with Gasteiger partial charge in [-0.1, -0.05) is 165 Å². The molecule has 0 nitrogen and oxygen atoms in total.